The highest BCUT2D eigenvalue weighted by Gasteiger charge is 2.42. The molecule has 1 aliphatic heterocycles. The largest absolute Gasteiger partial charge is 0.340 e. The second-order valence-electron chi connectivity index (χ2n) is 15.1. The Labute approximate surface area is 303 Å². The summed E-state index contributed by atoms with van der Waals surface area (Å²) < 4.78 is 4.78. The topological polar surface area (TPSA) is 67.6 Å². The van der Waals surface area contributed by atoms with E-state index in [4.69, 9.17) is 0 Å². The number of benzene rings is 4. The molecule has 7 nitrogen and oxygen atoms in total. The number of allylic oxidation sites excluding steroid dienone is 5. The Kier molecular flexibility index (Phi) is 8.25. The fourth-order valence-corrected chi connectivity index (χ4v) is 8.33. The Morgan fingerprint density at radius 3 is 1.37 bits per heavy atom. The van der Waals surface area contributed by atoms with Crippen LogP contribution in [0, 0.1) is 11.8 Å². The lowest BCUT2D eigenvalue weighted by Crippen LogP contribution is -2.53. The maximum atomic E-state index is 13.9. The minimum atomic E-state index is -0.625. The van der Waals surface area contributed by atoms with Crippen LogP contribution in [0.3, 0.4) is 0 Å². The number of rotatable bonds is 6. The molecule has 1 aliphatic carbocycles. The van der Waals surface area contributed by atoms with E-state index in [1.165, 1.54) is 57.4 Å². The number of barbiturate groups is 1. The lowest BCUT2D eigenvalue weighted by Gasteiger charge is -2.30. The first kappa shape index (κ1) is 33.5. The first-order valence-corrected chi connectivity index (χ1v) is 18.3. The Hall–Kier alpha value is -5.69. The van der Waals surface area contributed by atoms with Crippen molar-refractivity contribution in [2.24, 2.45) is 11.8 Å². The zero-order valence-corrected chi connectivity index (χ0v) is 30.7. The molecule has 7 heteroatoms. The molecule has 6 aromatic rings. The molecular formula is C45H44N4O3. The summed E-state index contributed by atoms with van der Waals surface area (Å²) in [7, 11) is 2.89. The fourth-order valence-electron chi connectivity index (χ4n) is 8.33. The van der Waals surface area contributed by atoms with Crippen molar-refractivity contribution in [3.05, 3.63) is 118 Å². The van der Waals surface area contributed by atoms with E-state index in [2.05, 4.69) is 134 Å². The zero-order valence-electron chi connectivity index (χ0n) is 30.7. The summed E-state index contributed by atoms with van der Waals surface area (Å²) in [6.07, 6.45) is 9.82. The van der Waals surface area contributed by atoms with E-state index in [-0.39, 0.29) is 5.57 Å². The van der Waals surface area contributed by atoms with Crippen LogP contribution in [0.25, 0.3) is 55.5 Å². The van der Waals surface area contributed by atoms with Crippen LogP contribution in [0.1, 0.15) is 40.5 Å². The van der Waals surface area contributed by atoms with Crippen LogP contribution in [0.5, 0.6) is 0 Å². The highest BCUT2D eigenvalue weighted by Crippen LogP contribution is 2.40. The van der Waals surface area contributed by atoms with E-state index < -0.39 is 17.8 Å². The summed E-state index contributed by atoms with van der Waals surface area (Å²) >= 11 is 0. The summed E-state index contributed by atoms with van der Waals surface area (Å²) in [6.45, 7) is 10.6. The summed E-state index contributed by atoms with van der Waals surface area (Å²) in [6, 6.07) is 25.1. The molecule has 0 N–H and O–H groups in total. The molecule has 2 aromatic heterocycles. The molecule has 0 radical (unpaired) electrons. The third-order valence-corrected chi connectivity index (χ3v) is 10.6. The molecule has 52 heavy (non-hydrogen) atoms. The van der Waals surface area contributed by atoms with E-state index in [1.54, 1.807) is 0 Å². The van der Waals surface area contributed by atoms with Crippen molar-refractivity contribution < 1.29 is 14.4 Å². The summed E-state index contributed by atoms with van der Waals surface area (Å²) in [5.41, 5.74) is 4.89. The predicted octanol–water partition coefficient (Wildman–Crippen LogP) is 7.91. The molecule has 4 aromatic carbocycles. The van der Waals surface area contributed by atoms with Crippen LogP contribution >= 0.6 is 0 Å². The quantitative estimate of drug-likeness (QED) is 0.132. The van der Waals surface area contributed by atoms with Crippen LogP contribution in [0.15, 0.2) is 107 Å². The van der Waals surface area contributed by atoms with Gasteiger partial charge in [0, 0.05) is 70.5 Å². The van der Waals surface area contributed by atoms with Crippen LogP contribution < -0.4 is 10.7 Å². The van der Waals surface area contributed by atoms with Crippen molar-refractivity contribution in [2.45, 2.75) is 53.6 Å². The summed E-state index contributed by atoms with van der Waals surface area (Å²) in [5.74, 6) is -0.283. The zero-order chi connectivity index (χ0) is 36.4. The summed E-state index contributed by atoms with van der Waals surface area (Å²) in [4.78, 5) is 42.7. The average molecular weight is 689 g/mol. The van der Waals surface area contributed by atoms with Crippen LogP contribution in [-0.2, 0) is 22.7 Å². The first-order chi connectivity index (χ1) is 25.0. The van der Waals surface area contributed by atoms with Gasteiger partial charge in [-0.2, -0.15) is 0 Å². The van der Waals surface area contributed by atoms with Gasteiger partial charge in [-0.1, -0.05) is 101 Å². The summed E-state index contributed by atoms with van der Waals surface area (Å²) in [5, 5.41) is 9.43. The number of urea groups is 1. The number of likely N-dealkylation sites (N-methyl/N-ethyl adjacent to an activating group) is 2. The SMILES string of the molecule is CC(C)Cn1/c(=C/C=C2CC/C(=C/C=c3\c4cccc5cccc(c54)n3CC(C)C)C2=C2C(=O)N(C)C(=O)N(C)C2=O)c2cccc3cccc1c32. The van der Waals surface area contributed by atoms with E-state index in [0.717, 1.165) is 44.7 Å². The number of hydrogen-bond acceptors (Lipinski definition) is 3. The van der Waals surface area contributed by atoms with Gasteiger partial charge in [0.05, 0.1) is 0 Å². The number of carbonyl (C=O) groups excluding carboxylic acids is 3. The van der Waals surface area contributed by atoms with Gasteiger partial charge in [-0.15, -0.1) is 0 Å². The molecule has 8 rings (SSSR count). The van der Waals surface area contributed by atoms with Gasteiger partial charge >= 0.3 is 6.03 Å². The van der Waals surface area contributed by atoms with E-state index in [9.17, 15) is 14.4 Å². The van der Waals surface area contributed by atoms with Gasteiger partial charge in [-0.25, -0.2) is 4.79 Å². The van der Waals surface area contributed by atoms with E-state index >= 15 is 0 Å². The highest BCUT2D eigenvalue weighted by atomic mass is 16.2. The molecule has 1 saturated heterocycles. The number of imide groups is 2. The van der Waals surface area contributed by atoms with Gasteiger partial charge in [0.25, 0.3) is 11.8 Å². The number of hydrogen-bond donors (Lipinski definition) is 0. The van der Waals surface area contributed by atoms with Crippen molar-refractivity contribution in [3.8, 4) is 0 Å². The monoisotopic (exact) mass is 688 g/mol. The molecule has 4 amide bonds. The van der Waals surface area contributed by atoms with Crippen LogP contribution in [0.4, 0.5) is 4.79 Å². The van der Waals surface area contributed by atoms with Gasteiger partial charge in [0.15, 0.2) is 0 Å². The Bertz CT molecular complexity index is 2490. The highest BCUT2D eigenvalue weighted by molar-refractivity contribution is 6.29. The minimum Gasteiger partial charge on any atom is -0.340 e. The lowest BCUT2D eigenvalue weighted by atomic mass is 9.95. The van der Waals surface area contributed by atoms with Crippen LogP contribution in [-0.4, -0.2) is 50.9 Å². The van der Waals surface area contributed by atoms with Gasteiger partial charge in [0.1, 0.15) is 5.57 Å². The number of nitrogens with zero attached hydrogens (tertiary/aromatic N) is 4. The molecule has 1 saturated carbocycles. The maximum absolute atomic E-state index is 13.9. The molecular weight excluding hydrogens is 645 g/mol. The molecule has 0 atom stereocenters. The lowest BCUT2D eigenvalue weighted by molar-refractivity contribution is -0.134. The standard InChI is InChI=1S/C45H44N4O3/c1-27(2)25-48-35(33-15-7-11-29-13-9-17-37(48)40(29)33)23-21-31-19-20-32(39(31)42-43(50)46(5)45(52)47(6)44(42)51)22-24-36-34-16-8-12-30-14-10-18-38(41(30)34)49(36)26-28(3)4/h7-18,21-24,27-28H,19-20,25-26H2,1-6H3/b31-21-,32-22?,35-23+,36-24+. The molecule has 0 bridgehead atoms. The van der Waals surface area contributed by atoms with Crippen molar-refractivity contribution in [3.63, 3.8) is 0 Å². The molecule has 0 spiro atoms. The average Bonchev–Trinajstić information content (AvgIpc) is 3.76. The molecule has 2 fully saturated rings. The van der Waals surface area contributed by atoms with Gasteiger partial charge in [-0.05, 0) is 76.5 Å². The van der Waals surface area contributed by atoms with Crippen molar-refractivity contribution >= 4 is 73.3 Å². The van der Waals surface area contributed by atoms with E-state index in [1.807, 2.05) is 0 Å². The maximum Gasteiger partial charge on any atom is 0.333 e. The Balaban J connectivity index is 1.37. The molecule has 0 unspecified atom stereocenters. The normalized spacial score (nSPS) is 18.4. The number of aromatic nitrogens is 2. The predicted molar refractivity (Wildman–Crippen MR) is 211 cm³/mol. The van der Waals surface area contributed by atoms with Crippen molar-refractivity contribution in [1.82, 2.24) is 18.9 Å². The van der Waals surface area contributed by atoms with Gasteiger partial charge < -0.3 is 9.13 Å². The first-order valence-electron chi connectivity index (χ1n) is 18.3. The second kappa shape index (κ2) is 12.8. The van der Waals surface area contributed by atoms with Gasteiger partial charge in [-0.3, -0.25) is 19.4 Å². The Morgan fingerprint density at radius 1 is 0.558 bits per heavy atom. The third kappa shape index (κ3) is 5.29. The van der Waals surface area contributed by atoms with Crippen LogP contribution in [0.2, 0.25) is 0 Å². The van der Waals surface area contributed by atoms with Crippen molar-refractivity contribution in [1.29, 1.82) is 0 Å². The number of carbonyl (C=O) groups is 3. The fraction of sp³-hybridized carbons (Fsp3) is 0.267. The van der Waals surface area contributed by atoms with Gasteiger partial charge in [0.2, 0.25) is 0 Å². The van der Waals surface area contributed by atoms with E-state index in [0.29, 0.717) is 30.3 Å². The molecule has 262 valence electrons. The van der Waals surface area contributed by atoms with Crippen molar-refractivity contribution in [2.75, 3.05) is 14.1 Å². The third-order valence-electron chi connectivity index (χ3n) is 10.6. The second-order valence-corrected chi connectivity index (χ2v) is 15.1. The molecule has 3 heterocycles. The number of amides is 4. The smallest absolute Gasteiger partial charge is 0.333 e. The molecule has 2 aliphatic rings. The Morgan fingerprint density at radius 2 is 0.962 bits per heavy atom. The minimum absolute atomic E-state index is 0.0445.